The van der Waals surface area contributed by atoms with Gasteiger partial charge in [0.15, 0.2) is 10.1 Å². The van der Waals surface area contributed by atoms with Gasteiger partial charge in [0.25, 0.3) is 0 Å². The van der Waals surface area contributed by atoms with Crippen LogP contribution in [-0.4, -0.2) is 20.9 Å². The van der Waals surface area contributed by atoms with Crippen molar-refractivity contribution in [2.75, 3.05) is 0 Å². The molecular weight excluding hydrogens is 237 g/mol. The lowest BCUT2D eigenvalue weighted by Crippen LogP contribution is -2.21. The van der Waals surface area contributed by atoms with Gasteiger partial charge in [-0.25, -0.2) is 0 Å². The summed E-state index contributed by atoms with van der Waals surface area (Å²) in [4.78, 5) is 25.1. The Morgan fingerprint density at radius 2 is 1.93 bits per heavy atom. The van der Waals surface area contributed by atoms with E-state index in [9.17, 15) is 9.59 Å². The van der Waals surface area contributed by atoms with Crippen LogP contribution in [0.5, 0.6) is 0 Å². The topological polar surface area (TPSA) is 49.9 Å². The third-order valence-electron chi connectivity index (χ3n) is 1.73. The maximum atomic E-state index is 11.5. The fourth-order valence-electron chi connectivity index (χ4n) is 0.965. The molecule has 0 bridgehead atoms. The average Bonchev–Trinajstić information content (AvgIpc) is 2.48. The normalized spacial score (nSPS) is 10.7. The first kappa shape index (κ1) is 14.2. The van der Waals surface area contributed by atoms with E-state index in [0.717, 1.165) is 0 Å². The second kappa shape index (κ2) is 4.81. The van der Waals surface area contributed by atoms with E-state index in [4.69, 9.17) is 23.2 Å². The van der Waals surface area contributed by atoms with Gasteiger partial charge >= 0.3 is 0 Å². The van der Waals surface area contributed by atoms with Crippen molar-refractivity contribution in [3.8, 4) is 0 Å². The predicted molar refractivity (Wildman–Crippen MR) is 62.0 cm³/mol. The molecule has 0 aliphatic heterocycles. The summed E-state index contributed by atoms with van der Waals surface area (Å²) >= 11 is 11.2. The molecule has 1 heterocycles. The van der Waals surface area contributed by atoms with Gasteiger partial charge in [0.1, 0.15) is 0 Å². The SMILES string of the molecule is C.CC(=O)c1c[nH]c(C(=O)C(C)(Cl)Cl)c1. The zero-order valence-electron chi connectivity index (χ0n) is 7.73. The van der Waals surface area contributed by atoms with Crippen molar-refractivity contribution in [1.29, 1.82) is 0 Å². The average molecular weight is 250 g/mol. The van der Waals surface area contributed by atoms with Crippen LogP contribution in [0.4, 0.5) is 0 Å². The van der Waals surface area contributed by atoms with E-state index in [2.05, 4.69) is 4.98 Å². The molecule has 0 spiro atoms. The van der Waals surface area contributed by atoms with E-state index >= 15 is 0 Å². The van der Waals surface area contributed by atoms with Crippen LogP contribution >= 0.6 is 23.2 Å². The van der Waals surface area contributed by atoms with Crippen LogP contribution in [-0.2, 0) is 0 Å². The molecule has 15 heavy (non-hydrogen) atoms. The summed E-state index contributed by atoms with van der Waals surface area (Å²) in [5.41, 5.74) is 0.675. The largest absolute Gasteiger partial charge is 0.358 e. The molecule has 0 unspecified atom stereocenters. The lowest BCUT2D eigenvalue weighted by atomic mass is 10.2. The Balaban J connectivity index is 0.00000196. The summed E-state index contributed by atoms with van der Waals surface area (Å²) in [6.07, 6.45) is 1.45. The fourth-order valence-corrected chi connectivity index (χ4v) is 1.17. The van der Waals surface area contributed by atoms with Crippen LogP contribution in [0.15, 0.2) is 12.3 Å². The highest BCUT2D eigenvalue weighted by atomic mass is 35.5. The Labute approximate surface area is 98.8 Å². The molecule has 0 saturated heterocycles. The predicted octanol–water partition coefficient (Wildman–Crippen LogP) is 3.23. The van der Waals surface area contributed by atoms with E-state index in [0.29, 0.717) is 5.56 Å². The second-order valence-electron chi connectivity index (χ2n) is 3.08. The molecule has 84 valence electrons. The minimum Gasteiger partial charge on any atom is -0.358 e. The minimum atomic E-state index is -1.47. The maximum Gasteiger partial charge on any atom is 0.214 e. The van der Waals surface area contributed by atoms with Crippen LogP contribution in [0.3, 0.4) is 0 Å². The summed E-state index contributed by atoms with van der Waals surface area (Å²) in [6.45, 7) is 2.80. The fraction of sp³-hybridized carbons (Fsp3) is 0.400. The molecule has 0 fully saturated rings. The lowest BCUT2D eigenvalue weighted by molar-refractivity contribution is 0.0974. The number of carbonyl (C=O) groups is 2. The number of aromatic amines is 1. The number of ketones is 2. The molecule has 0 saturated carbocycles. The number of hydrogen-bond donors (Lipinski definition) is 1. The van der Waals surface area contributed by atoms with Crippen LogP contribution in [0.1, 0.15) is 42.1 Å². The number of nitrogens with one attached hydrogen (secondary N) is 1. The molecule has 0 aromatic carbocycles. The highest BCUT2D eigenvalue weighted by molar-refractivity contribution is 6.59. The smallest absolute Gasteiger partial charge is 0.214 e. The summed E-state index contributed by atoms with van der Waals surface area (Å²) in [7, 11) is 0. The Kier molecular flexibility index (Phi) is 4.56. The van der Waals surface area contributed by atoms with Crippen molar-refractivity contribution < 1.29 is 9.59 Å². The molecule has 1 aromatic heterocycles. The van der Waals surface area contributed by atoms with Crippen molar-refractivity contribution in [2.24, 2.45) is 0 Å². The van der Waals surface area contributed by atoms with E-state index in [1.165, 1.54) is 26.1 Å². The zero-order chi connectivity index (χ0) is 10.9. The van der Waals surface area contributed by atoms with E-state index < -0.39 is 10.1 Å². The Hall–Kier alpha value is -0.800. The maximum absolute atomic E-state index is 11.5. The molecule has 0 amide bonds. The van der Waals surface area contributed by atoms with Crippen molar-refractivity contribution >= 4 is 34.8 Å². The molecule has 0 radical (unpaired) electrons. The van der Waals surface area contributed by atoms with Gasteiger partial charge in [0.2, 0.25) is 5.78 Å². The van der Waals surface area contributed by atoms with Crippen LogP contribution < -0.4 is 0 Å². The molecule has 1 aromatic rings. The van der Waals surface area contributed by atoms with E-state index in [1.807, 2.05) is 0 Å². The molecule has 3 nitrogen and oxygen atoms in total. The molecule has 0 atom stereocenters. The third-order valence-corrected chi connectivity index (χ3v) is 2.08. The number of aromatic nitrogens is 1. The monoisotopic (exact) mass is 249 g/mol. The van der Waals surface area contributed by atoms with E-state index in [-0.39, 0.29) is 18.9 Å². The van der Waals surface area contributed by atoms with Gasteiger partial charge in [0.05, 0.1) is 5.69 Å². The summed E-state index contributed by atoms with van der Waals surface area (Å²) in [5.74, 6) is -0.570. The summed E-state index contributed by atoms with van der Waals surface area (Å²) in [5, 5.41) is 0. The van der Waals surface area contributed by atoms with Crippen LogP contribution in [0.2, 0.25) is 0 Å². The van der Waals surface area contributed by atoms with Crippen molar-refractivity contribution in [3.05, 3.63) is 23.5 Å². The molecule has 1 N–H and O–H groups in total. The van der Waals surface area contributed by atoms with Crippen LogP contribution in [0, 0.1) is 0 Å². The highest BCUT2D eigenvalue weighted by Crippen LogP contribution is 2.24. The number of halogens is 2. The van der Waals surface area contributed by atoms with Crippen molar-refractivity contribution in [3.63, 3.8) is 0 Å². The number of hydrogen-bond acceptors (Lipinski definition) is 2. The van der Waals surface area contributed by atoms with Gasteiger partial charge < -0.3 is 4.98 Å². The Bertz CT molecular complexity index is 377. The third kappa shape index (κ3) is 3.36. The first-order valence-electron chi connectivity index (χ1n) is 3.94. The lowest BCUT2D eigenvalue weighted by Gasteiger charge is -2.09. The summed E-state index contributed by atoms with van der Waals surface area (Å²) in [6, 6.07) is 1.44. The Morgan fingerprint density at radius 1 is 1.40 bits per heavy atom. The van der Waals surface area contributed by atoms with Gasteiger partial charge in [-0.05, 0) is 19.9 Å². The minimum absolute atomic E-state index is 0. The number of alkyl halides is 2. The van der Waals surface area contributed by atoms with Crippen molar-refractivity contribution in [1.82, 2.24) is 4.98 Å². The molecular formula is C10H13Cl2NO2. The van der Waals surface area contributed by atoms with E-state index in [1.54, 1.807) is 0 Å². The molecule has 0 aliphatic rings. The first-order chi connectivity index (χ1) is 6.32. The van der Waals surface area contributed by atoms with Gasteiger partial charge in [-0.1, -0.05) is 30.6 Å². The van der Waals surface area contributed by atoms with Gasteiger partial charge in [-0.2, -0.15) is 0 Å². The molecule has 5 heteroatoms. The standard InChI is InChI=1S/C9H9Cl2NO2.CH4/c1-5(13)6-3-7(12-4-6)8(14)9(2,10)11;/h3-4,12H,1-2H3;1H4. The quantitative estimate of drug-likeness (QED) is 0.661. The molecule has 1 rings (SSSR count). The number of rotatable bonds is 3. The van der Waals surface area contributed by atoms with Gasteiger partial charge in [0, 0.05) is 11.8 Å². The number of H-pyrrole nitrogens is 1. The molecule has 0 aliphatic carbocycles. The number of Topliss-reactive ketones (excluding diaryl/α,β-unsaturated/α-hetero) is 2. The highest BCUT2D eigenvalue weighted by Gasteiger charge is 2.29. The van der Waals surface area contributed by atoms with Gasteiger partial charge in [-0.15, -0.1) is 0 Å². The van der Waals surface area contributed by atoms with Crippen molar-refractivity contribution in [2.45, 2.75) is 25.6 Å². The summed E-state index contributed by atoms with van der Waals surface area (Å²) < 4.78 is -1.47. The van der Waals surface area contributed by atoms with Gasteiger partial charge in [-0.3, -0.25) is 9.59 Å². The number of carbonyl (C=O) groups excluding carboxylic acids is 2. The first-order valence-corrected chi connectivity index (χ1v) is 4.70. The van der Waals surface area contributed by atoms with Crippen LogP contribution in [0.25, 0.3) is 0 Å². The second-order valence-corrected chi connectivity index (χ2v) is 4.78. The zero-order valence-corrected chi connectivity index (χ0v) is 9.24. The Morgan fingerprint density at radius 3 is 2.27 bits per heavy atom.